The largest absolute Gasteiger partial charge is 0.390 e. The Balaban J connectivity index is 1.11. The van der Waals surface area contributed by atoms with Gasteiger partial charge in [0.1, 0.15) is 11.5 Å². The summed E-state index contributed by atoms with van der Waals surface area (Å²) in [4.78, 5) is 48.5. The third-order valence-corrected chi connectivity index (χ3v) is 8.32. The molecule has 1 fully saturated rings. The lowest BCUT2D eigenvalue weighted by Gasteiger charge is -2.37. The molecule has 0 aromatic carbocycles. The van der Waals surface area contributed by atoms with Gasteiger partial charge in [0.05, 0.1) is 38.9 Å². The topological polar surface area (TPSA) is 129 Å². The number of hydrogen-bond donors (Lipinski definition) is 3. The van der Waals surface area contributed by atoms with E-state index in [0.29, 0.717) is 49.2 Å². The van der Waals surface area contributed by atoms with Crippen LogP contribution in [0.5, 0.6) is 0 Å². The standard InChI is InChI=1S/C24H23ClN6O4S/c25-13-7-26-15-2-4-20(34)31-9-12(21(13)22(15)31)8-30-6-5-14(17(32)10-30)28-24(35)16-1-3-18-23(27-16)29-19(33)11-36-18/h1-4,7,12,14,17,32H,5-6,8-11H2,(H,28,35)(H,27,29,33)/t12?,14-,17+/m0/s1. The molecule has 3 aromatic rings. The summed E-state index contributed by atoms with van der Waals surface area (Å²) in [5.41, 5.74) is 2.57. The van der Waals surface area contributed by atoms with Gasteiger partial charge in [-0.2, -0.15) is 0 Å². The number of aliphatic hydroxyl groups excluding tert-OH is 1. The van der Waals surface area contributed by atoms with Crippen LogP contribution in [-0.2, 0) is 11.3 Å². The maximum atomic E-state index is 12.8. The summed E-state index contributed by atoms with van der Waals surface area (Å²) >= 11 is 7.88. The molecule has 3 aromatic heterocycles. The molecule has 3 atom stereocenters. The van der Waals surface area contributed by atoms with Crippen LogP contribution in [0.15, 0.2) is 40.2 Å². The Morgan fingerprint density at radius 1 is 1.25 bits per heavy atom. The molecule has 1 saturated heterocycles. The van der Waals surface area contributed by atoms with E-state index in [4.69, 9.17) is 11.6 Å². The molecule has 186 valence electrons. The Hall–Kier alpha value is -2.99. The molecule has 1 unspecified atom stereocenters. The Morgan fingerprint density at radius 3 is 2.94 bits per heavy atom. The maximum Gasteiger partial charge on any atom is 0.270 e. The number of piperidine rings is 1. The minimum absolute atomic E-state index is 0.00390. The second-order valence-electron chi connectivity index (χ2n) is 9.31. The number of likely N-dealkylation sites (tertiary alicyclic amines) is 1. The van der Waals surface area contributed by atoms with Gasteiger partial charge in [-0.25, -0.2) is 4.98 Å². The fourth-order valence-electron chi connectivity index (χ4n) is 5.27. The van der Waals surface area contributed by atoms with E-state index in [0.717, 1.165) is 21.5 Å². The molecule has 6 heterocycles. The summed E-state index contributed by atoms with van der Waals surface area (Å²) in [5, 5.41) is 17.0. The van der Waals surface area contributed by atoms with Crippen LogP contribution in [0.4, 0.5) is 5.82 Å². The number of carbonyl (C=O) groups excluding carboxylic acids is 2. The lowest BCUT2D eigenvalue weighted by atomic mass is 9.97. The minimum atomic E-state index is -0.769. The average Bonchev–Trinajstić information content (AvgIpc) is 3.25. The number of carbonyl (C=O) groups is 2. The van der Waals surface area contributed by atoms with Gasteiger partial charge >= 0.3 is 0 Å². The Labute approximate surface area is 215 Å². The van der Waals surface area contributed by atoms with Crippen molar-refractivity contribution in [3.63, 3.8) is 0 Å². The molecule has 0 saturated carbocycles. The number of rotatable bonds is 4. The van der Waals surface area contributed by atoms with E-state index in [1.54, 1.807) is 29.0 Å². The van der Waals surface area contributed by atoms with E-state index >= 15 is 0 Å². The highest BCUT2D eigenvalue weighted by atomic mass is 35.5. The lowest BCUT2D eigenvalue weighted by molar-refractivity contribution is -0.113. The van der Waals surface area contributed by atoms with Gasteiger partial charge in [-0.3, -0.25) is 24.3 Å². The van der Waals surface area contributed by atoms with Crippen molar-refractivity contribution in [3.8, 4) is 0 Å². The highest BCUT2D eigenvalue weighted by molar-refractivity contribution is 8.00. The zero-order valence-corrected chi connectivity index (χ0v) is 20.7. The van der Waals surface area contributed by atoms with E-state index in [-0.39, 0.29) is 23.1 Å². The number of amides is 2. The van der Waals surface area contributed by atoms with Crippen LogP contribution < -0.4 is 16.2 Å². The molecule has 0 radical (unpaired) electrons. The van der Waals surface area contributed by atoms with E-state index in [2.05, 4.69) is 25.5 Å². The van der Waals surface area contributed by atoms with Crippen molar-refractivity contribution in [3.05, 3.63) is 57.1 Å². The molecule has 10 nitrogen and oxygen atoms in total. The first kappa shape index (κ1) is 23.4. The molecule has 2 amide bonds. The summed E-state index contributed by atoms with van der Waals surface area (Å²) in [7, 11) is 0. The van der Waals surface area contributed by atoms with Crippen LogP contribution in [0.2, 0.25) is 5.02 Å². The molecular weight excluding hydrogens is 504 g/mol. The van der Waals surface area contributed by atoms with Gasteiger partial charge < -0.3 is 20.3 Å². The van der Waals surface area contributed by atoms with Crippen molar-refractivity contribution in [1.82, 2.24) is 24.8 Å². The van der Waals surface area contributed by atoms with Crippen LogP contribution in [0.3, 0.4) is 0 Å². The number of aliphatic hydroxyl groups is 1. The van der Waals surface area contributed by atoms with Crippen molar-refractivity contribution in [1.29, 1.82) is 0 Å². The Morgan fingerprint density at radius 2 is 2.11 bits per heavy atom. The maximum absolute atomic E-state index is 12.8. The van der Waals surface area contributed by atoms with Crippen LogP contribution in [0, 0.1) is 0 Å². The third kappa shape index (κ3) is 4.15. The van der Waals surface area contributed by atoms with Crippen LogP contribution in [0.25, 0.3) is 11.0 Å². The normalized spacial score (nSPS) is 23.4. The van der Waals surface area contributed by atoms with Gasteiger partial charge in [0.2, 0.25) is 5.91 Å². The number of aromatic nitrogens is 3. The zero-order valence-electron chi connectivity index (χ0n) is 19.1. The fourth-order valence-corrected chi connectivity index (χ4v) is 6.32. The Bertz CT molecular complexity index is 1460. The molecule has 3 N–H and O–H groups in total. The first-order valence-corrected chi connectivity index (χ1v) is 13.1. The van der Waals surface area contributed by atoms with Gasteiger partial charge in [0.25, 0.3) is 11.5 Å². The summed E-state index contributed by atoms with van der Waals surface area (Å²) in [6.07, 6.45) is 1.42. The highest BCUT2D eigenvalue weighted by Crippen LogP contribution is 2.37. The van der Waals surface area contributed by atoms with Crippen molar-refractivity contribution >= 4 is 52.0 Å². The monoisotopic (exact) mass is 526 g/mol. The number of hydrogen-bond acceptors (Lipinski definition) is 8. The number of halogens is 1. The quantitative estimate of drug-likeness (QED) is 0.466. The van der Waals surface area contributed by atoms with E-state index in [9.17, 15) is 19.5 Å². The second-order valence-corrected chi connectivity index (χ2v) is 10.7. The second kappa shape index (κ2) is 9.15. The van der Waals surface area contributed by atoms with E-state index in [1.165, 1.54) is 17.8 Å². The van der Waals surface area contributed by atoms with Crippen LogP contribution in [-0.4, -0.2) is 73.9 Å². The summed E-state index contributed by atoms with van der Waals surface area (Å²) in [6, 6.07) is 6.22. The van der Waals surface area contributed by atoms with Gasteiger partial charge in [0.15, 0.2) is 0 Å². The number of thioether (sulfide) groups is 1. The predicted molar refractivity (Wildman–Crippen MR) is 136 cm³/mol. The molecule has 3 aliphatic heterocycles. The SMILES string of the molecule is O=C1CSc2ccc(C(=O)N[C@H]3CCN(CC4Cn5c(=O)ccc6ncc(Cl)c4c65)C[C@H]3O)nc2N1. The summed E-state index contributed by atoms with van der Waals surface area (Å²) in [5.74, 6) is 0.178. The number of nitrogens with zero attached hydrogens (tertiary/aromatic N) is 4. The number of β-amino-alcohol motifs (C(OH)–C–C–N with tert-alkyl or cyclic N) is 1. The van der Waals surface area contributed by atoms with Gasteiger partial charge in [-0.1, -0.05) is 11.6 Å². The van der Waals surface area contributed by atoms with Crippen molar-refractivity contribution < 1.29 is 14.7 Å². The highest BCUT2D eigenvalue weighted by Gasteiger charge is 2.34. The number of nitrogens with one attached hydrogen (secondary N) is 2. The van der Waals surface area contributed by atoms with E-state index in [1.807, 2.05) is 0 Å². The van der Waals surface area contributed by atoms with Crippen molar-refractivity contribution in [2.24, 2.45) is 0 Å². The molecule has 0 aliphatic carbocycles. The number of pyridine rings is 3. The zero-order chi connectivity index (χ0) is 25.0. The molecule has 36 heavy (non-hydrogen) atoms. The fraction of sp³-hybridized carbons (Fsp3) is 0.375. The summed E-state index contributed by atoms with van der Waals surface area (Å²) in [6.45, 7) is 2.19. The molecular formula is C24H23ClN6O4S. The van der Waals surface area contributed by atoms with Gasteiger partial charge in [0, 0.05) is 49.9 Å². The van der Waals surface area contributed by atoms with Gasteiger partial charge in [-0.15, -0.1) is 11.8 Å². The smallest absolute Gasteiger partial charge is 0.270 e. The Kier molecular flexibility index (Phi) is 5.95. The average molecular weight is 527 g/mol. The van der Waals surface area contributed by atoms with E-state index < -0.39 is 18.1 Å². The molecule has 3 aliphatic rings. The van der Waals surface area contributed by atoms with Crippen molar-refractivity contribution in [2.45, 2.75) is 35.9 Å². The number of fused-ring (bicyclic) bond motifs is 1. The molecule has 0 spiro atoms. The summed E-state index contributed by atoms with van der Waals surface area (Å²) < 4.78 is 1.73. The number of anilines is 1. The van der Waals surface area contributed by atoms with Crippen LogP contribution in [0.1, 0.15) is 28.4 Å². The first-order valence-electron chi connectivity index (χ1n) is 11.7. The van der Waals surface area contributed by atoms with Gasteiger partial charge in [-0.05, 0) is 24.6 Å². The predicted octanol–water partition coefficient (Wildman–Crippen LogP) is 1.45. The van der Waals surface area contributed by atoms with Crippen LogP contribution >= 0.6 is 23.4 Å². The molecule has 6 rings (SSSR count). The third-order valence-electron chi connectivity index (χ3n) is 6.97. The molecule has 12 heteroatoms. The first-order chi connectivity index (χ1) is 17.4. The minimum Gasteiger partial charge on any atom is -0.390 e. The van der Waals surface area contributed by atoms with Crippen molar-refractivity contribution in [2.75, 3.05) is 30.7 Å². The lowest BCUT2D eigenvalue weighted by Crippen LogP contribution is -2.54. The molecule has 0 bridgehead atoms.